The molecule has 0 unspecified atom stereocenters. The summed E-state index contributed by atoms with van der Waals surface area (Å²) < 4.78 is 16.2. The van der Waals surface area contributed by atoms with Gasteiger partial charge in [0, 0.05) is 25.3 Å². The molecule has 2 aromatic carbocycles. The van der Waals surface area contributed by atoms with Crippen LogP contribution in [0.5, 0.6) is 11.5 Å². The normalized spacial score (nSPS) is 15.2. The molecule has 0 aromatic heterocycles. The van der Waals surface area contributed by atoms with E-state index < -0.39 is 0 Å². The Morgan fingerprint density at radius 1 is 1.06 bits per heavy atom. The number of carbonyl (C=O) groups excluding carboxylic acids is 1. The zero-order valence-corrected chi connectivity index (χ0v) is 18.9. The third kappa shape index (κ3) is 6.12. The van der Waals surface area contributed by atoms with E-state index >= 15 is 0 Å². The van der Waals surface area contributed by atoms with Crippen LogP contribution in [0.25, 0.3) is 0 Å². The molecule has 3 rings (SSSR count). The minimum atomic E-state index is -0.00482. The van der Waals surface area contributed by atoms with Crippen molar-refractivity contribution in [2.24, 2.45) is 0 Å². The predicted octanol–water partition coefficient (Wildman–Crippen LogP) is 1.08. The van der Waals surface area contributed by atoms with Gasteiger partial charge in [-0.15, -0.1) is 0 Å². The zero-order valence-electron chi connectivity index (χ0n) is 18.9. The molecule has 1 heterocycles. The van der Waals surface area contributed by atoms with Crippen LogP contribution in [0.3, 0.4) is 0 Å². The fourth-order valence-electron chi connectivity index (χ4n) is 3.94. The molecule has 1 amide bonds. The van der Waals surface area contributed by atoms with Crippen LogP contribution < -0.4 is 24.6 Å². The van der Waals surface area contributed by atoms with Gasteiger partial charge in [0.2, 0.25) is 5.91 Å². The minimum absolute atomic E-state index is 0.00482. The van der Waals surface area contributed by atoms with Crippen LogP contribution in [0.2, 0.25) is 0 Å². The molecule has 2 aromatic rings. The number of quaternary nitrogens is 1. The van der Waals surface area contributed by atoms with Crippen molar-refractivity contribution in [2.45, 2.75) is 12.5 Å². The molecule has 1 fully saturated rings. The van der Waals surface area contributed by atoms with E-state index in [1.54, 1.807) is 14.2 Å². The maximum atomic E-state index is 12.7. The van der Waals surface area contributed by atoms with Crippen molar-refractivity contribution >= 4 is 11.6 Å². The van der Waals surface area contributed by atoms with Crippen molar-refractivity contribution in [3.8, 4) is 11.5 Å². The second kappa shape index (κ2) is 11.0. The molecule has 31 heavy (non-hydrogen) atoms. The second-order valence-corrected chi connectivity index (χ2v) is 7.98. The first-order chi connectivity index (χ1) is 15.0. The van der Waals surface area contributed by atoms with Crippen LogP contribution in [0, 0.1) is 0 Å². The summed E-state index contributed by atoms with van der Waals surface area (Å²) in [5.41, 5.74) is 3.28. The number of hydrogen-bond donors (Lipinski definition) is 2. The lowest BCUT2D eigenvalue weighted by Crippen LogP contribution is -3.15. The predicted molar refractivity (Wildman–Crippen MR) is 121 cm³/mol. The Bertz CT molecular complexity index is 848. The van der Waals surface area contributed by atoms with Gasteiger partial charge in [0.1, 0.15) is 19.1 Å². The Labute approximate surface area is 184 Å². The number of nitrogens with one attached hydrogen (secondary N) is 2. The Kier molecular flexibility index (Phi) is 8.14. The molecule has 0 bridgehead atoms. The van der Waals surface area contributed by atoms with Gasteiger partial charge in [-0.1, -0.05) is 18.2 Å². The van der Waals surface area contributed by atoms with Crippen molar-refractivity contribution in [2.75, 3.05) is 66.1 Å². The van der Waals surface area contributed by atoms with E-state index in [0.717, 1.165) is 37.6 Å². The van der Waals surface area contributed by atoms with Crippen LogP contribution in [0.1, 0.15) is 17.2 Å². The molecular formula is C24H34N3O4+. The molecule has 0 aliphatic carbocycles. The number of morpholine rings is 1. The topological polar surface area (TPSA) is 64.5 Å². The van der Waals surface area contributed by atoms with Crippen LogP contribution in [0.4, 0.5) is 5.69 Å². The van der Waals surface area contributed by atoms with E-state index in [0.29, 0.717) is 24.5 Å². The van der Waals surface area contributed by atoms with Gasteiger partial charge < -0.3 is 29.3 Å². The number of rotatable bonds is 9. The van der Waals surface area contributed by atoms with Crippen molar-refractivity contribution in [3.05, 3.63) is 53.6 Å². The van der Waals surface area contributed by atoms with Gasteiger partial charge in [0.25, 0.3) is 0 Å². The number of amides is 1. The van der Waals surface area contributed by atoms with Gasteiger partial charge in [0.05, 0.1) is 40.4 Å². The first-order valence-electron chi connectivity index (χ1n) is 10.7. The van der Waals surface area contributed by atoms with Gasteiger partial charge in [-0.25, -0.2) is 0 Å². The van der Waals surface area contributed by atoms with Crippen LogP contribution in [0.15, 0.2) is 42.5 Å². The number of methoxy groups -OCH3 is 2. The quantitative estimate of drug-likeness (QED) is 0.626. The minimum Gasteiger partial charge on any atom is -0.493 e. The van der Waals surface area contributed by atoms with Crippen molar-refractivity contribution in [3.63, 3.8) is 0 Å². The molecule has 0 radical (unpaired) electrons. The fraction of sp³-hybridized carbons (Fsp3) is 0.458. The Morgan fingerprint density at radius 2 is 1.74 bits per heavy atom. The summed E-state index contributed by atoms with van der Waals surface area (Å²) in [6.07, 6.45) is 0.297. The monoisotopic (exact) mass is 428 g/mol. The van der Waals surface area contributed by atoms with E-state index in [1.807, 2.05) is 32.3 Å². The zero-order chi connectivity index (χ0) is 22.2. The van der Waals surface area contributed by atoms with Gasteiger partial charge >= 0.3 is 0 Å². The molecule has 168 valence electrons. The molecule has 7 heteroatoms. The summed E-state index contributed by atoms with van der Waals surface area (Å²) in [4.78, 5) is 16.2. The average molecular weight is 429 g/mol. The van der Waals surface area contributed by atoms with Crippen molar-refractivity contribution < 1.29 is 23.9 Å². The van der Waals surface area contributed by atoms with E-state index in [2.05, 4.69) is 34.5 Å². The summed E-state index contributed by atoms with van der Waals surface area (Å²) in [6, 6.07) is 14.4. The Balaban J connectivity index is 1.67. The number of benzene rings is 2. The highest BCUT2D eigenvalue weighted by Gasteiger charge is 2.27. The smallest absolute Gasteiger partial charge is 0.224 e. The number of anilines is 1. The fourth-order valence-corrected chi connectivity index (χ4v) is 3.94. The summed E-state index contributed by atoms with van der Waals surface area (Å²) in [5, 5.41) is 3.15. The average Bonchev–Trinajstić information content (AvgIpc) is 2.80. The van der Waals surface area contributed by atoms with Crippen LogP contribution in [-0.4, -0.2) is 67.1 Å². The highest BCUT2D eigenvalue weighted by atomic mass is 16.5. The summed E-state index contributed by atoms with van der Waals surface area (Å²) in [5.74, 6) is 1.28. The van der Waals surface area contributed by atoms with E-state index in [-0.39, 0.29) is 11.9 Å². The molecule has 1 saturated heterocycles. The largest absolute Gasteiger partial charge is 0.493 e. The highest BCUT2D eigenvalue weighted by molar-refractivity contribution is 5.78. The van der Waals surface area contributed by atoms with E-state index in [9.17, 15) is 4.79 Å². The Hall–Kier alpha value is -2.77. The molecule has 1 atom stereocenters. The van der Waals surface area contributed by atoms with Gasteiger partial charge in [-0.3, -0.25) is 4.79 Å². The first-order valence-corrected chi connectivity index (χ1v) is 10.7. The lowest BCUT2D eigenvalue weighted by Gasteiger charge is -2.32. The molecule has 2 N–H and O–H groups in total. The highest BCUT2D eigenvalue weighted by Crippen LogP contribution is 2.27. The molecular weight excluding hydrogens is 394 g/mol. The Morgan fingerprint density at radius 3 is 2.35 bits per heavy atom. The first kappa shape index (κ1) is 22.9. The van der Waals surface area contributed by atoms with Crippen molar-refractivity contribution in [1.29, 1.82) is 0 Å². The molecule has 7 nitrogen and oxygen atoms in total. The molecule has 1 aliphatic heterocycles. The van der Waals surface area contributed by atoms with Crippen LogP contribution >= 0.6 is 0 Å². The third-order valence-corrected chi connectivity index (χ3v) is 5.76. The molecule has 0 saturated carbocycles. The van der Waals surface area contributed by atoms with Crippen molar-refractivity contribution in [1.82, 2.24) is 5.32 Å². The maximum absolute atomic E-state index is 12.7. The lowest BCUT2D eigenvalue weighted by molar-refractivity contribution is -0.937. The molecule has 1 aliphatic rings. The van der Waals surface area contributed by atoms with E-state index in [1.165, 1.54) is 10.5 Å². The molecule has 0 spiro atoms. The third-order valence-electron chi connectivity index (χ3n) is 5.76. The van der Waals surface area contributed by atoms with Gasteiger partial charge in [-0.05, 0) is 29.8 Å². The SMILES string of the molecule is COc1ccc(CC(=O)NC[C@H](c2ccc(N(C)C)cc2)[NH+]2CCOCC2)cc1OC. The number of hydrogen-bond acceptors (Lipinski definition) is 5. The standard InChI is InChI=1S/C24H33N3O4/c1-26(2)20-8-6-19(7-9-20)21(27-11-13-31-14-12-27)17-25-24(28)16-18-5-10-22(29-3)23(15-18)30-4/h5-10,15,21H,11-14,16-17H2,1-4H3,(H,25,28)/p+1/t21-/m1/s1. The maximum Gasteiger partial charge on any atom is 0.224 e. The van der Waals surface area contributed by atoms with Gasteiger partial charge in [0.15, 0.2) is 11.5 Å². The summed E-state index contributed by atoms with van der Waals surface area (Å²) in [7, 11) is 7.27. The summed E-state index contributed by atoms with van der Waals surface area (Å²) in [6.45, 7) is 3.96. The van der Waals surface area contributed by atoms with Gasteiger partial charge in [-0.2, -0.15) is 0 Å². The number of ether oxygens (including phenoxy) is 3. The summed E-state index contributed by atoms with van der Waals surface area (Å²) >= 11 is 0. The number of carbonyl (C=O) groups is 1. The van der Waals surface area contributed by atoms with Crippen LogP contribution in [-0.2, 0) is 16.0 Å². The van der Waals surface area contributed by atoms with E-state index in [4.69, 9.17) is 14.2 Å². The lowest BCUT2D eigenvalue weighted by atomic mass is 10.0. The second-order valence-electron chi connectivity index (χ2n) is 7.98. The number of nitrogens with zero attached hydrogens (tertiary/aromatic N) is 1.